The van der Waals surface area contributed by atoms with Gasteiger partial charge in [-0.2, -0.15) is 15.1 Å². The van der Waals surface area contributed by atoms with Gasteiger partial charge in [0.2, 0.25) is 5.17 Å². The minimum atomic E-state index is -0.499. The van der Waals surface area contributed by atoms with Crippen molar-refractivity contribution in [2.24, 2.45) is 10.1 Å². The topological polar surface area (TPSA) is 96.6 Å². The average Bonchev–Trinajstić information content (AvgIpc) is 3.34. The third-order valence-corrected chi connectivity index (χ3v) is 6.56. The van der Waals surface area contributed by atoms with Crippen molar-refractivity contribution in [3.63, 3.8) is 0 Å². The molecule has 0 bridgehead atoms. The van der Waals surface area contributed by atoms with E-state index in [0.29, 0.717) is 33.0 Å². The predicted octanol–water partition coefficient (Wildman–Crippen LogP) is 5.53. The number of carbonyl (C=O) groups excluding carboxylic acids is 1. The number of fused-ring (bicyclic) bond motifs is 1. The second-order valence-corrected chi connectivity index (χ2v) is 9.24. The van der Waals surface area contributed by atoms with Crippen molar-refractivity contribution < 1.29 is 19.0 Å². The first kappa shape index (κ1) is 24.3. The number of aliphatic imine (C=N–C) groups is 1. The highest BCUT2D eigenvalue weighted by Crippen LogP contribution is 2.34. The van der Waals surface area contributed by atoms with E-state index in [1.807, 2.05) is 73.7 Å². The quantitative estimate of drug-likeness (QED) is 0.399. The summed E-state index contributed by atoms with van der Waals surface area (Å²) in [6, 6.07) is 24.6. The molecular formula is C28H24N4O4S. The Hall–Kier alpha value is -4.37. The average molecular weight is 513 g/mol. The van der Waals surface area contributed by atoms with Gasteiger partial charge in [0.1, 0.15) is 23.5 Å². The standard InChI is InChI=1S/C28H24N4O4S/c1-18(20-9-5-3-6-10-20)36-23-14-13-19(16-24(23)34-2)15-22-26(29)32-28(30-27(22)33)37-25(31-32)17-35-21-11-7-4-8-12-21/h3-16,18,29H,17H2,1-2H3. The monoisotopic (exact) mass is 512 g/mol. The van der Waals surface area contributed by atoms with Crippen LogP contribution in [0.15, 0.2) is 94.5 Å². The summed E-state index contributed by atoms with van der Waals surface area (Å²) >= 11 is 1.22. The summed E-state index contributed by atoms with van der Waals surface area (Å²) in [5.74, 6) is 1.26. The number of para-hydroxylation sites is 1. The van der Waals surface area contributed by atoms with Crippen LogP contribution < -0.4 is 14.2 Å². The van der Waals surface area contributed by atoms with Gasteiger partial charge in [0, 0.05) is 0 Å². The summed E-state index contributed by atoms with van der Waals surface area (Å²) in [5.41, 5.74) is 1.85. The van der Waals surface area contributed by atoms with Crippen LogP contribution in [0, 0.1) is 5.41 Å². The largest absolute Gasteiger partial charge is 0.493 e. The number of amidine groups is 2. The molecule has 5 rings (SSSR count). The molecule has 0 saturated heterocycles. The second-order valence-electron chi connectivity index (χ2n) is 8.20. The molecule has 1 N–H and O–H groups in total. The minimum Gasteiger partial charge on any atom is -0.493 e. The summed E-state index contributed by atoms with van der Waals surface area (Å²) in [4.78, 5) is 16.9. The van der Waals surface area contributed by atoms with E-state index in [4.69, 9.17) is 19.6 Å². The van der Waals surface area contributed by atoms with Gasteiger partial charge in [-0.25, -0.2) is 0 Å². The molecule has 8 nitrogen and oxygen atoms in total. The van der Waals surface area contributed by atoms with Gasteiger partial charge in [-0.05, 0) is 60.2 Å². The Kier molecular flexibility index (Phi) is 7.04. The third-order valence-electron chi connectivity index (χ3n) is 5.67. The summed E-state index contributed by atoms with van der Waals surface area (Å²) in [7, 11) is 1.56. The fraction of sp³-hybridized carbons (Fsp3) is 0.143. The second kappa shape index (κ2) is 10.7. The van der Waals surface area contributed by atoms with Crippen LogP contribution in [-0.2, 0) is 4.79 Å². The lowest BCUT2D eigenvalue weighted by atomic mass is 10.1. The molecule has 1 atom stereocenters. The number of carbonyl (C=O) groups is 1. The van der Waals surface area contributed by atoms with Crippen LogP contribution >= 0.6 is 11.8 Å². The number of hydrogen-bond acceptors (Lipinski definition) is 7. The van der Waals surface area contributed by atoms with Crippen LogP contribution in [0.5, 0.6) is 17.2 Å². The molecule has 1 amide bonds. The lowest BCUT2D eigenvalue weighted by Gasteiger charge is -2.20. The van der Waals surface area contributed by atoms with Gasteiger partial charge in [0.05, 0.1) is 12.7 Å². The van der Waals surface area contributed by atoms with Crippen LogP contribution in [0.2, 0.25) is 0 Å². The van der Waals surface area contributed by atoms with Crippen molar-refractivity contribution in [1.29, 1.82) is 5.41 Å². The molecule has 2 aliphatic heterocycles. The number of nitrogens with one attached hydrogen (secondary N) is 1. The summed E-state index contributed by atoms with van der Waals surface area (Å²) in [5, 5.41) is 15.4. The molecule has 0 radical (unpaired) electrons. The summed E-state index contributed by atoms with van der Waals surface area (Å²) in [6.07, 6.45) is 1.43. The first-order valence-electron chi connectivity index (χ1n) is 11.6. The molecule has 2 heterocycles. The highest BCUT2D eigenvalue weighted by Gasteiger charge is 2.35. The zero-order valence-electron chi connectivity index (χ0n) is 20.3. The molecule has 0 fully saturated rings. The Labute approximate surface area is 218 Å². The van der Waals surface area contributed by atoms with Gasteiger partial charge in [-0.3, -0.25) is 10.2 Å². The van der Waals surface area contributed by atoms with E-state index in [-0.39, 0.29) is 24.1 Å². The Morgan fingerprint density at radius 3 is 2.49 bits per heavy atom. The summed E-state index contributed by atoms with van der Waals surface area (Å²) in [6.45, 7) is 2.18. The molecule has 9 heteroatoms. The fourth-order valence-corrected chi connectivity index (χ4v) is 4.57. The van der Waals surface area contributed by atoms with Crippen LogP contribution in [-0.4, -0.2) is 40.7 Å². The maximum Gasteiger partial charge on any atom is 0.283 e. The van der Waals surface area contributed by atoms with E-state index >= 15 is 0 Å². The fourth-order valence-electron chi connectivity index (χ4n) is 3.77. The zero-order chi connectivity index (χ0) is 25.8. The number of ether oxygens (including phenoxy) is 3. The van der Waals surface area contributed by atoms with E-state index in [1.54, 1.807) is 25.3 Å². The van der Waals surface area contributed by atoms with Gasteiger partial charge in [-0.15, -0.1) is 0 Å². The van der Waals surface area contributed by atoms with Gasteiger partial charge in [0.25, 0.3) is 5.91 Å². The molecule has 186 valence electrons. The van der Waals surface area contributed by atoms with Crippen LogP contribution in [0.1, 0.15) is 24.2 Å². The third kappa shape index (κ3) is 5.41. The highest BCUT2D eigenvalue weighted by molar-refractivity contribution is 8.27. The number of amides is 1. The van der Waals surface area contributed by atoms with E-state index in [2.05, 4.69) is 10.1 Å². The van der Waals surface area contributed by atoms with Crippen molar-refractivity contribution in [3.8, 4) is 17.2 Å². The number of thioether (sulfide) groups is 1. The molecule has 0 aliphatic carbocycles. The molecule has 1 unspecified atom stereocenters. The van der Waals surface area contributed by atoms with E-state index in [0.717, 1.165) is 5.56 Å². The number of hydrazone groups is 1. The minimum absolute atomic E-state index is 0.0470. The van der Waals surface area contributed by atoms with Crippen LogP contribution in [0.3, 0.4) is 0 Å². The van der Waals surface area contributed by atoms with Gasteiger partial charge in [-0.1, -0.05) is 54.6 Å². The maximum absolute atomic E-state index is 12.8. The molecule has 0 aromatic heterocycles. The Morgan fingerprint density at radius 1 is 1.03 bits per heavy atom. The first-order valence-corrected chi connectivity index (χ1v) is 12.4. The number of rotatable bonds is 8. The van der Waals surface area contributed by atoms with Gasteiger partial charge in [0.15, 0.2) is 17.3 Å². The molecule has 3 aromatic rings. The van der Waals surface area contributed by atoms with Crippen molar-refractivity contribution in [1.82, 2.24) is 5.01 Å². The predicted molar refractivity (Wildman–Crippen MR) is 145 cm³/mol. The van der Waals surface area contributed by atoms with Crippen molar-refractivity contribution in [2.75, 3.05) is 13.7 Å². The molecule has 2 aliphatic rings. The Bertz CT molecular complexity index is 1420. The Morgan fingerprint density at radius 2 is 1.76 bits per heavy atom. The SMILES string of the molecule is COc1cc(C=C2C(=N)N3N=C(COc4ccccc4)SC3=NC2=O)ccc1OC(C)c1ccccc1. The first-order chi connectivity index (χ1) is 18.0. The van der Waals surface area contributed by atoms with E-state index in [9.17, 15) is 4.79 Å². The highest BCUT2D eigenvalue weighted by atomic mass is 32.2. The molecular weight excluding hydrogens is 488 g/mol. The van der Waals surface area contributed by atoms with Crippen molar-refractivity contribution in [2.45, 2.75) is 13.0 Å². The van der Waals surface area contributed by atoms with Crippen molar-refractivity contribution in [3.05, 3.63) is 95.6 Å². The number of benzene rings is 3. The smallest absolute Gasteiger partial charge is 0.283 e. The maximum atomic E-state index is 12.8. The number of hydrogen-bond donors (Lipinski definition) is 1. The normalized spacial score (nSPS) is 16.7. The molecule has 3 aromatic carbocycles. The lowest BCUT2D eigenvalue weighted by Crippen LogP contribution is -2.35. The van der Waals surface area contributed by atoms with Crippen LogP contribution in [0.25, 0.3) is 6.08 Å². The molecule has 37 heavy (non-hydrogen) atoms. The molecule has 0 saturated carbocycles. The Balaban J connectivity index is 1.32. The lowest BCUT2D eigenvalue weighted by molar-refractivity contribution is -0.114. The van der Waals surface area contributed by atoms with Gasteiger partial charge < -0.3 is 14.2 Å². The number of nitrogens with zero attached hydrogens (tertiary/aromatic N) is 3. The number of methoxy groups -OCH3 is 1. The van der Waals surface area contributed by atoms with Gasteiger partial charge >= 0.3 is 0 Å². The van der Waals surface area contributed by atoms with E-state index in [1.165, 1.54) is 16.8 Å². The summed E-state index contributed by atoms with van der Waals surface area (Å²) < 4.78 is 17.4. The van der Waals surface area contributed by atoms with Crippen LogP contribution in [0.4, 0.5) is 0 Å². The van der Waals surface area contributed by atoms with Crippen molar-refractivity contribution >= 4 is 39.8 Å². The zero-order valence-corrected chi connectivity index (χ0v) is 21.1. The van der Waals surface area contributed by atoms with E-state index < -0.39 is 5.91 Å². The molecule has 0 spiro atoms.